The van der Waals surface area contributed by atoms with Gasteiger partial charge in [0.15, 0.2) is 0 Å². The molecule has 0 amide bonds. The van der Waals surface area contributed by atoms with Crippen molar-refractivity contribution in [2.75, 3.05) is 33.3 Å². The third-order valence-corrected chi connectivity index (χ3v) is 4.03. The summed E-state index contributed by atoms with van der Waals surface area (Å²) in [4.78, 5) is 2.59. The monoisotopic (exact) mass is 276 g/mol. The molecule has 0 saturated carbocycles. The Bertz CT molecular complexity index is 388. The predicted octanol–water partition coefficient (Wildman–Crippen LogP) is 3.22. The van der Waals surface area contributed by atoms with E-state index in [2.05, 4.69) is 35.3 Å². The average Bonchev–Trinajstić information content (AvgIpc) is 2.52. The molecule has 1 saturated heterocycles. The third-order valence-electron chi connectivity index (χ3n) is 4.03. The largest absolute Gasteiger partial charge is 0.497 e. The van der Waals surface area contributed by atoms with E-state index in [9.17, 15) is 0 Å². The quantitative estimate of drug-likeness (QED) is 0.827. The van der Waals surface area contributed by atoms with Crippen LogP contribution >= 0.6 is 0 Å². The van der Waals surface area contributed by atoms with Gasteiger partial charge in [-0.1, -0.05) is 25.5 Å². The van der Waals surface area contributed by atoms with Gasteiger partial charge in [-0.05, 0) is 56.6 Å². The van der Waals surface area contributed by atoms with Crippen LogP contribution in [-0.4, -0.2) is 38.2 Å². The van der Waals surface area contributed by atoms with E-state index in [4.69, 9.17) is 4.74 Å². The van der Waals surface area contributed by atoms with Crippen LogP contribution in [0.3, 0.4) is 0 Å². The van der Waals surface area contributed by atoms with Crippen molar-refractivity contribution >= 4 is 0 Å². The van der Waals surface area contributed by atoms with Gasteiger partial charge in [0.1, 0.15) is 5.75 Å². The standard InChI is InChI=1S/C17H28N2O/c1-3-10-18-17(14-19-11-5-4-6-12-19)15-8-7-9-16(13-15)20-2/h7-9,13,17-18H,3-6,10-12,14H2,1-2H3. The van der Waals surface area contributed by atoms with Crippen molar-refractivity contribution in [2.45, 2.75) is 38.6 Å². The molecule has 20 heavy (non-hydrogen) atoms. The minimum atomic E-state index is 0.406. The third kappa shape index (κ3) is 4.50. The lowest BCUT2D eigenvalue weighted by Gasteiger charge is -2.31. The Kier molecular flexibility index (Phi) is 6.34. The average molecular weight is 276 g/mol. The zero-order valence-electron chi connectivity index (χ0n) is 12.9. The number of piperidine rings is 1. The topological polar surface area (TPSA) is 24.5 Å². The Morgan fingerprint density at radius 2 is 2.05 bits per heavy atom. The summed E-state index contributed by atoms with van der Waals surface area (Å²) in [5, 5.41) is 3.69. The van der Waals surface area contributed by atoms with E-state index in [-0.39, 0.29) is 0 Å². The van der Waals surface area contributed by atoms with Crippen LogP contribution < -0.4 is 10.1 Å². The minimum absolute atomic E-state index is 0.406. The van der Waals surface area contributed by atoms with E-state index in [0.717, 1.165) is 18.8 Å². The molecule has 1 fully saturated rings. The van der Waals surface area contributed by atoms with Gasteiger partial charge in [0.05, 0.1) is 7.11 Å². The molecule has 1 heterocycles. The molecule has 0 aromatic heterocycles. The van der Waals surface area contributed by atoms with Gasteiger partial charge >= 0.3 is 0 Å². The molecule has 1 aliphatic heterocycles. The first-order valence-electron chi connectivity index (χ1n) is 7.93. The summed E-state index contributed by atoms with van der Waals surface area (Å²) in [6.45, 7) is 6.88. The van der Waals surface area contributed by atoms with Crippen LogP contribution in [0, 0.1) is 0 Å². The molecule has 1 atom stereocenters. The molecule has 112 valence electrons. The molecule has 1 aliphatic rings. The van der Waals surface area contributed by atoms with Gasteiger partial charge in [0.25, 0.3) is 0 Å². The minimum Gasteiger partial charge on any atom is -0.497 e. The molecular formula is C17H28N2O. The number of methoxy groups -OCH3 is 1. The number of likely N-dealkylation sites (tertiary alicyclic amines) is 1. The molecule has 0 radical (unpaired) electrons. The fourth-order valence-corrected chi connectivity index (χ4v) is 2.86. The molecule has 0 bridgehead atoms. The van der Waals surface area contributed by atoms with Crippen LogP contribution in [0.4, 0.5) is 0 Å². The van der Waals surface area contributed by atoms with Crippen LogP contribution in [0.25, 0.3) is 0 Å². The van der Waals surface area contributed by atoms with E-state index in [0.29, 0.717) is 6.04 Å². The van der Waals surface area contributed by atoms with Gasteiger partial charge in [-0.2, -0.15) is 0 Å². The maximum Gasteiger partial charge on any atom is 0.119 e. The lowest BCUT2D eigenvalue weighted by atomic mass is 10.0. The lowest BCUT2D eigenvalue weighted by Crippen LogP contribution is -2.38. The maximum atomic E-state index is 5.36. The van der Waals surface area contributed by atoms with Crippen LogP contribution in [0.15, 0.2) is 24.3 Å². The van der Waals surface area contributed by atoms with E-state index in [1.165, 1.54) is 44.3 Å². The summed E-state index contributed by atoms with van der Waals surface area (Å²) >= 11 is 0. The van der Waals surface area contributed by atoms with Gasteiger partial charge in [-0.3, -0.25) is 0 Å². The molecule has 1 aromatic rings. The molecule has 2 rings (SSSR count). The first kappa shape index (κ1) is 15.3. The number of nitrogens with zero attached hydrogens (tertiary/aromatic N) is 1. The highest BCUT2D eigenvalue weighted by atomic mass is 16.5. The second-order valence-corrected chi connectivity index (χ2v) is 5.64. The van der Waals surface area contributed by atoms with Crippen LogP contribution in [0.5, 0.6) is 5.75 Å². The van der Waals surface area contributed by atoms with Crippen molar-refractivity contribution in [2.24, 2.45) is 0 Å². The van der Waals surface area contributed by atoms with E-state index in [1.54, 1.807) is 7.11 Å². The molecule has 0 aliphatic carbocycles. The van der Waals surface area contributed by atoms with Crippen molar-refractivity contribution in [3.8, 4) is 5.75 Å². The number of ether oxygens (including phenoxy) is 1. The van der Waals surface area contributed by atoms with Crippen molar-refractivity contribution in [3.63, 3.8) is 0 Å². The van der Waals surface area contributed by atoms with Gasteiger partial charge in [-0.25, -0.2) is 0 Å². The van der Waals surface area contributed by atoms with E-state index in [1.807, 2.05) is 6.07 Å². The fraction of sp³-hybridized carbons (Fsp3) is 0.647. The zero-order chi connectivity index (χ0) is 14.2. The van der Waals surface area contributed by atoms with E-state index >= 15 is 0 Å². The highest BCUT2D eigenvalue weighted by Crippen LogP contribution is 2.21. The summed E-state index contributed by atoms with van der Waals surface area (Å²) in [7, 11) is 1.73. The van der Waals surface area contributed by atoms with Gasteiger partial charge in [0.2, 0.25) is 0 Å². The highest BCUT2D eigenvalue weighted by Gasteiger charge is 2.17. The summed E-state index contributed by atoms with van der Waals surface area (Å²) in [6, 6.07) is 8.88. The van der Waals surface area contributed by atoms with Crippen molar-refractivity contribution in [1.82, 2.24) is 10.2 Å². The van der Waals surface area contributed by atoms with E-state index < -0.39 is 0 Å². The Labute approximate surface area is 123 Å². The summed E-state index contributed by atoms with van der Waals surface area (Å²) in [5.41, 5.74) is 1.34. The second kappa shape index (κ2) is 8.28. The van der Waals surface area contributed by atoms with Gasteiger partial charge in [-0.15, -0.1) is 0 Å². The molecule has 0 spiro atoms. The number of benzene rings is 1. The van der Waals surface area contributed by atoms with Gasteiger partial charge < -0.3 is 15.0 Å². The van der Waals surface area contributed by atoms with Gasteiger partial charge in [0, 0.05) is 12.6 Å². The lowest BCUT2D eigenvalue weighted by molar-refractivity contribution is 0.205. The Hall–Kier alpha value is -1.06. The summed E-state index contributed by atoms with van der Waals surface area (Å²) in [6.07, 6.45) is 5.25. The zero-order valence-corrected chi connectivity index (χ0v) is 12.9. The van der Waals surface area contributed by atoms with Crippen LogP contribution in [0.1, 0.15) is 44.2 Å². The first-order valence-corrected chi connectivity index (χ1v) is 7.93. The van der Waals surface area contributed by atoms with Crippen LogP contribution in [0.2, 0.25) is 0 Å². The summed E-state index contributed by atoms with van der Waals surface area (Å²) in [5.74, 6) is 0.949. The maximum absolute atomic E-state index is 5.36. The highest BCUT2D eigenvalue weighted by molar-refractivity contribution is 5.30. The molecule has 1 N–H and O–H groups in total. The normalized spacial score (nSPS) is 17.9. The van der Waals surface area contributed by atoms with Crippen molar-refractivity contribution in [1.29, 1.82) is 0 Å². The molecular weight excluding hydrogens is 248 g/mol. The Balaban J connectivity index is 2.04. The number of hydrogen-bond acceptors (Lipinski definition) is 3. The molecule has 1 unspecified atom stereocenters. The van der Waals surface area contributed by atoms with Crippen molar-refractivity contribution < 1.29 is 4.74 Å². The predicted molar refractivity (Wildman–Crippen MR) is 84.3 cm³/mol. The number of rotatable bonds is 7. The molecule has 1 aromatic carbocycles. The van der Waals surface area contributed by atoms with Crippen molar-refractivity contribution in [3.05, 3.63) is 29.8 Å². The fourth-order valence-electron chi connectivity index (χ4n) is 2.86. The van der Waals surface area contributed by atoms with Crippen LogP contribution in [-0.2, 0) is 0 Å². The number of hydrogen-bond donors (Lipinski definition) is 1. The first-order chi connectivity index (χ1) is 9.83. The number of nitrogens with one attached hydrogen (secondary N) is 1. The molecule has 3 heteroatoms. The Morgan fingerprint density at radius 3 is 2.75 bits per heavy atom. The second-order valence-electron chi connectivity index (χ2n) is 5.64. The molecule has 3 nitrogen and oxygen atoms in total. The smallest absolute Gasteiger partial charge is 0.119 e. The Morgan fingerprint density at radius 1 is 1.25 bits per heavy atom. The summed E-state index contributed by atoms with van der Waals surface area (Å²) < 4.78 is 5.36. The SMILES string of the molecule is CCCNC(CN1CCCCC1)c1cccc(OC)c1.